The molecule has 100 valence electrons. The van der Waals surface area contributed by atoms with Gasteiger partial charge in [0.25, 0.3) is 5.91 Å². The lowest BCUT2D eigenvalue weighted by Gasteiger charge is -2.18. The Hall–Kier alpha value is -1.75. The van der Waals surface area contributed by atoms with E-state index in [0.29, 0.717) is 17.1 Å². The molecule has 0 aliphatic rings. The van der Waals surface area contributed by atoms with Crippen molar-refractivity contribution in [3.63, 3.8) is 0 Å². The maximum absolute atomic E-state index is 12.1. The SMILES string of the molecule is COc1cc(C(=O)N(C)CCO)cc(OC)c1C. The largest absolute Gasteiger partial charge is 0.496 e. The molecule has 0 saturated carbocycles. The summed E-state index contributed by atoms with van der Waals surface area (Å²) in [6, 6.07) is 3.35. The minimum absolute atomic E-state index is 0.0671. The second-order valence-electron chi connectivity index (χ2n) is 3.96. The van der Waals surface area contributed by atoms with E-state index in [4.69, 9.17) is 14.6 Å². The maximum atomic E-state index is 12.1. The van der Waals surface area contributed by atoms with Crippen LogP contribution in [0.3, 0.4) is 0 Å². The topological polar surface area (TPSA) is 59.0 Å². The molecule has 0 aliphatic carbocycles. The number of aliphatic hydroxyl groups is 1. The van der Waals surface area contributed by atoms with E-state index < -0.39 is 0 Å². The number of nitrogens with zero attached hydrogens (tertiary/aromatic N) is 1. The minimum atomic E-state index is -0.180. The Labute approximate surface area is 107 Å². The third kappa shape index (κ3) is 2.92. The first-order chi connectivity index (χ1) is 8.54. The number of amides is 1. The third-order valence-corrected chi connectivity index (χ3v) is 2.78. The molecule has 0 unspecified atom stereocenters. The molecule has 5 heteroatoms. The lowest BCUT2D eigenvalue weighted by molar-refractivity contribution is 0.0766. The summed E-state index contributed by atoms with van der Waals surface area (Å²) < 4.78 is 10.4. The number of benzene rings is 1. The number of aliphatic hydroxyl groups excluding tert-OH is 1. The van der Waals surface area contributed by atoms with Crippen LogP contribution in [-0.2, 0) is 0 Å². The Kier molecular flexibility index (Phi) is 4.97. The lowest BCUT2D eigenvalue weighted by Crippen LogP contribution is -2.29. The number of carbonyl (C=O) groups excluding carboxylic acids is 1. The summed E-state index contributed by atoms with van der Waals surface area (Å²) >= 11 is 0. The molecule has 0 atom stereocenters. The molecule has 0 saturated heterocycles. The average Bonchev–Trinajstić information content (AvgIpc) is 2.38. The molecule has 0 radical (unpaired) electrons. The van der Waals surface area contributed by atoms with E-state index in [1.165, 1.54) is 4.90 Å². The molecule has 1 aromatic carbocycles. The van der Waals surface area contributed by atoms with E-state index >= 15 is 0 Å². The molecule has 1 aromatic rings. The van der Waals surface area contributed by atoms with Crippen LogP contribution in [0.25, 0.3) is 0 Å². The number of carbonyl (C=O) groups is 1. The molecule has 0 spiro atoms. The number of likely N-dealkylation sites (N-methyl/N-ethyl adjacent to an activating group) is 1. The normalized spacial score (nSPS) is 10.1. The highest BCUT2D eigenvalue weighted by Crippen LogP contribution is 2.29. The van der Waals surface area contributed by atoms with Gasteiger partial charge in [-0.2, -0.15) is 0 Å². The van der Waals surface area contributed by atoms with Crippen LogP contribution in [0, 0.1) is 6.92 Å². The van der Waals surface area contributed by atoms with Gasteiger partial charge in [-0.1, -0.05) is 0 Å². The summed E-state index contributed by atoms with van der Waals surface area (Å²) in [5, 5.41) is 8.83. The van der Waals surface area contributed by atoms with E-state index in [9.17, 15) is 4.79 Å². The van der Waals surface area contributed by atoms with Gasteiger partial charge < -0.3 is 19.5 Å². The van der Waals surface area contributed by atoms with Gasteiger partial charge in [0.15, 0.2) is 0 Å². The molecule has 0 aromatic heterocycles. The van der Waals surface area contributed by atoms with Gasteiger partial charge in [-0.25, -0.2) is 0 Å². The van der Waals surface area contributed by atoms with Crippen molar-refractivity contribution in [1.29, 1.82) is 0 Å². The van der Waals surface area contributed by atoms with Crippen LogP contribution in [0.4, 0.5) is 0 Å². The number of hydrogen-bond acceptors (Lipinski definition) is 4. The third-order valence-electron chi connectivity index (χ3n) is 2.78. The van der Waals surface area contributed by atoms with Crippen molar-refractivity contribution in [3.8, 4) is 11.5 Å². The molecule has 0 bridgehead atoms. The maximum Gasteiger partial charge on any atom is 0.253 e. The number of hydrogen-bond donors (Lipinski definition) is 1. The standard InChI is InChI=1S/C13H19NO4/c1-9-11(17-3)7-10(8-12(9)18-4)13(16)14(2)5-6-15/h7-8,15H,5-6H2,1-4H3. The summed E-state index contributed by atoms with van der Waals surface area (Å²) in [5.41, 5.74) is 1.33. The summed E-state index contributed by atoms with van der Waals surface area (Å²) in [6.45, 7) is 2.09. The zero-order valence-corrected chi connectivity index (χ0v) is 11.2. The molecule has 1 rings (SSSR count). The zero-order chi connectivity index (χ0) is 13.7. The molecule has 1 amide bonds. The molecule has 18 heavy (non-hydrogen) atoms. The van der Waals surface area contributed by atoms with Crippen LogP contribution >= 0.6 is 0 Å². The summed E-state index contributed by atoms with van der Waals surface area (Å²) in [4.78, 5) is 13.5. The van der Waals surface area contributed by atoms with Gasteiger partial charge in [-0.05, 0) is 19.1 Å². The Morgan fingerprint density at radius 3 is 2.17 bits per heavy atom. The van der Waals surface area contributed by atoms with Crippen LogP contribution in [0.1, 0.15) is 15.9 Å². The first kappa shape index (κ1) is 14.3. The number of ether oxygens (including phenoxy) is 2. The fourth-order valence-corrected chi connectivity index (χ4v) is 1.68. The Balaban J connectivity index is 3.13. The molecule has 5 nitrogen and oxygen atoms in total. The van der Waals surface area contributed by atoms with Crippen LogP contribution in [0.5, 0.6) is 11.5 Å². The van der Waals surface area contributed by atoms with Crippen molar-refractivity contribution < 1.29 is 19.4 Å². The van der Waals surface area contributed by atoms with Crippen molar-refractivity contribution in [1.82, 2.24) is 4.90 Å². The van der Waals surface area contributed by atoms with Gasteiger partial charge in [-0.3, -0.25) is 4.79 Å². The monoisotopic (exact) mass is 253 g/mol. The van der Waals surface area contributed by atoms with Crippen molar-refractivity contribution in [2.24, 2.45) is 0 Å². The van der Waals surface area contributed by atoms with Gasteiger partial charge in [0, 0.05) is 24.7 Å². The van der Waals surface area contributed by atoms with E-state index in [-0.39, 0.29) is 19.1 Å². The Morgan fingerprint density at radius 1 is 1.28 bits per heavy atom. The fraction of sp³-hybridized carbons (Fsp3) is 0.462. The average molecular weight is 253 g/mol. The van der Waals surface area contributed by atoms with Crippen molar-refractivity contribution in [2.45, 2.75) is 6.92 Å². The predicted molar refractivity (Wildman–Crippen MR) is 68.3 cm³/mol. The van der Waals surface area contributed by atoms with Crippen LogP contribution in [0.2, 0.25) is 0 Å². The second kappa shape index (κ2) is 6.26. The smallest absolute Gasteiger partial charge is 0.253 e. The molecular formula is C13H19NO4. The van der Waals surface area contributed by atoms with E-state index in [1.807, 2.05) is 6.92 Å². The van der Waals surface area contributed by atoms with Gasteiger partial charge in [0.1, 0.15) is 11.5 Å². The van der Waals surface area contributed by atoms with Gasteiger partial charge in [0.05, 0.1) is 20.8 Å². The predicted octanol–water partition coefficient (Wildman–Crippen LogP) is 1.08. The van der Waals surface area contributed by atoms with E-state index in [0.717, 1.165) is 5.56 Å². The fourth-order valence-electron chi connectivity index (χ4n) is 1.68. The summed E-state index contributed by atoms with van der Waals surface area (Å²) in [6.07, 6.45) is 0. The van der Waals surface area contributed by atoms with E-state index in [2.05, 4.69) is 0 Å². The molecule has 0 aliphatic heterocycles. The second-order valence-corrected chi connectivity index (χ2v) is 3.96. The highest BCUT2D eigenvalue weighted by molar-refractivity contribution is 5.95. The molecule has 0 heterocycles. The lowest BCUT2D eigenvalue weighted by atomic mass is 10.1. The Morgan fingerprint density at radius 2 is 1.78 bits per heavy atom. The Bertz CT molecular complexity index is 406. The first-order valence-corrected chi connectivity index (χ1v) is 5.64. The first-order valence-electron chi connectivity index (χ1n) is 5.64. The highest BCUT2D eigenvalue weighted by atomic mass is 16.5. The van der Waals surface area contributed by atoms with Crippen molar-refractivity contribution in [2.75, 3.05) is 34.4 Å². The van der Waals surface area contributed by atoms with Crippen molar-refractivity contribution in [3.05, 3.63) is 23.3 Å². The van der Waals surface area contributed by atoms with Gasteiger partial charge >= 0.3 is 0 Å². The van der Waals surface area contributed by atoms with Gasteiger partial charge in [0.2, 0.25) is 0 Å². The number of rotatable bonds is 5. The van der Waals surface area contributed by atoms with Gasteiger partial charge in [-0.15, -0.1) is 0 Å². The van der Waals surface area contributed by atoms with E-state index in [1.54, 1.807) is 33.4 Å². The van der Waals surface area contributed by atoms with Crippen LogP contribution < -0.4 is 9.47 Å². The quantitative estimate of drug-likeness (QED) is 0.853. The van der Waals surface area contributed by atoms with Crippen LogP contribution in [-0.4, -0.2) is 50.3 Å². The summed E-state index contributed by atoms with van der Waals surface area (Å²) in [7, 11) is 4.73. The summed E-state index contributed by atoms with van der Waals surface area (Å²) in [5.74, 6) is 1.03. The van der Waals surface area contributed by atoms with Crippen LogP contribution in [0.15, 0.2) is 12.1 Å². The highest BCUT2D eigenvalue weighted by Gasteiger charge is 2.16. The minimum Gasteiger partial charge on any atom is -0.496 e. The molecule has 1 N–H and O–H groups in total. The zero-order valence-electron chi connectivity index (χ0n) is 11.2. The number of methoxy groups -OCH3 is 2. The molecule has 0 fully saturated rings. The van der Waals surface area contributed by atoms with Crippen molar-refractivity contribution >= 4 is 5.91 Å². The molecular weight excluding hydrogens is 234 g/mol.